The molecule has 1 aliphatic heterocycles. The molecule has 2 heterocycles. The number of rotatable bonds is 4. The minimum absolute atomic E-state index is 0.00356. The van der Waals surface area contributed by atoms with E-state index in [1.165, 1.54) is 19.0 Å². The molecular formula is C16H23N3O2. The van der Waals surface area contributed by atoms with Gasteiger partial charge in [-0.15, -0.1) is 0 Å². The third-order valence-electron chi connectivity index (χ3n) is 3.67. The number of aromatic nitrogens is 1. The topological polar surface area (TPSA) is 62.3 Å². The second kappa shape index (κ2) is 7.76. The Hall–Kier alpha value is -1.91. The lowest BCUT2D eigenvalue weighted by Gasteiger charge is -2.20. The molecule has 0 radical (unpaired) electrons. The Labute approximate surface area is 125 Å². The normalized spacial score (nSPS) is 15.4. The zero-order chi connectivity index (χ0) is 15.1. The summed E-state index contributed by atoms with van der Waals surface area (Å²) in [5, 5.41) is 2.78. The van der Waals surface area contributed by atoms with E-state index in [9.17, 15) is 9.59 Å². The lowest BCUT2D eigenvalue weighted by atomic mass is 10.2. The average molecular weight is 289 g/mol. The van der Waals surface area contributed by atoms with Gasteiger partial charge in [0.25, 0.3) is 11.8 Å². The molecule has 1 fully saturated rings. The van der Waals surface area contributed by atoms with Gasteiger partial charge < -0.3 is 10.2 Å². The van der Waals surface area contributed by atoms with Crippen LogP contribution in [0.4, 0.5) is 0 Å². The highest BCUT2D eigenvalue weighted by Crippen LogP contribution is 2.13. The standard InChI is InChI=1S/C16H23N3O2/c1-2-8-18-15(20)14-12-13(7-9-17-14)16(21)19-10-5-3-4-6-11-19/h7,9,12H,2-6,8,10-11H2,1H3,(H,18,20). The van der Waals surface area contributed by atoms with Gasteiger partial charge in [0, 0.05) is 31.4 Å². The van der Waals surface area contributed by atoms with E-state index in [1.54, 1.807) is 12.1 Å². The molecule has 0 unspecified atom stereocenters. The van der Waals surface area contributed by atoms with E-state index in [4.69, 9.17) is 0 Å². The number of carbonyl (C=O) groups is 2. The van der Waals surface area contributed by atoms with Crippen LogP contribution in [0.1, 0.15) is 59.9 Å². The molecule has 5 nitrogen and oxygen atoms in total. The highest BCUT2D eigenvalue weighted by molar-refractivity contribution is 5.98. The largest absolute Gasteiger partial charge is 0.351 e. The first-order chi connectivity index (χ1) is 10.2. The fourth-order valence-electron chi connectivity index (χ4n) is 2.47. The van der Waals surface area contributed by atoms with Crippen LogP contribution in [0.2, 0.25) is 0 Å². The van der Waals surface area contributed by atoms with E-state index in [2.05, 4.69) is 10.3 Å². The quantitative estimate of drug-likeness (QED) is 0.924. The van der Waals surface area contributed by atoms with Crippen LogP contribution in [-0.2, 0) is 0 Å². The predicted molar refractivity (Wildman–Crippen MR) is 81.2 cm³/mol. The monoisotopic (exact) mass is 289 g/mol. The van der Waals surface area contributed by atoms with Crippen molar-refractivity contribution in [2.45, 2.75) is 39.0 Å². The van der Waals surface area contributed by atoms with E-state index < -0.39 is 0 Å². The maximum absolute atomic E-state index is 12.5. The van der Waals surface area contributed by atoms with Crippen molar-refractivity contribution in [1.82, 2.24) is 15.2 Å². The molecule has 0 spiro atoms. The number of nitrogens with one attached hydrogen (secondary N) is 1. The summed E-state index contributed by atoms with van der Waals surface area (Å²) in [4.78, 5) is 30.4. The van der Waals surface area contributed by atoms with Crippen LogP contribution < -0.4 is 5.32 Å². The summed E-state index contributed by atoms with van der Waals surface area (Å²) in [5.41, 5.74) is 0.859. The molecular weight excluding hydrogens is 266 g/mol. The molecule has 0 atom stereocenters. The predicted octanol–water partition coefficient (Wildman–Crippen LogP) is 2.24. The molecule has 1 N–H and O–H groups in total. The summed E-state index contributed by atoms with van der Waals surface area (Å²) in [6, 6.07) is 3.28. The Balaban J connectivity index is 2.08. The zero-order valence-electron chi connectivity index (χ0n) is 12.6. The minimum atomic E-state index is -0.220. The summed E-state index contributed by atoms with van der Waals surface area (Å²) in [6.45, 7) is 4.22. The summed E-state index contributed by atoms with van der Waals surface area (Å²) in [6.07, 6.45) is 6.89. The van der Waals surface area contributed by atoms with Crippen LogP contribution in [0.5, 0.6) is 0 Å². The summed E-state index contributed by atoms with van der Waals surface area (Å²) >= 11 is 0. The van der Waals surface area contributed by atoms with E-state index in [1.807, 2.05) is 11.8 Å². The van der Waals surface area contributed by atoms with Crippen LogP contribution in [0.15, 0.2) is 18.3 Å². The molecule has 21 heavy (non-hydrogen) atoms. The van der Waals surface area contributed by atoms with Crippen LogP contribution in [0.3, 0.4) is 0 Å². The third-order valence-corrected chi connectivity index (χ3v) is 3.67. The number of hydrogen-bond acceptors (Lipinski definition) is 3. The minimum Gasteiger partial charge on any atom is -0.351 e. The molecule has 0 aliphatic carbocycles. The highest BCUT2D eigenvalue weighted by Gasteiger charge is 2.18. The SMILES string of the molecule is CCCNC(=O)c1cc(C(=O)N2CCCCCC2)ccn1. The molecule has 2 amide bonds. The number of likely N-dealkylation sites (tertiary alicyclic amines) is 1. The molecule has 1 aliphatic rings. The zero-order valence-corrected chi connectivity index (χ0v) is 12.6. The van der Waals surface area contributed by atoms with Crippen molar-refractivity contribution in [1.29, 1.82) is 0 Å². The first-order valence-corrected chi connectivity index (χ1v) is 7.76. The Morgan fingerprint density at radius 1 is 1.24 bits per heavy atom. The first kappa shape index (κ1) is 15.5. The van der Waals surface area contributed by atoms with Crippen molar-refractivity contribution >= 4 is 11.8 Å². The van der Waals surface area contributed by atoms with Gasteiger partial charge in [-0.2, -0.15) is 0 Å². The fourth-order valence-corrected chi connectivity index (χ4v) is 2.47. The number of hydrogen-bond donors (Lipinski definition) is 1. The van der Waals surface area contributed by atoms with Crippen molar-refractivity contribution in [3.63, 3.8) is 0 Å². The number of amides is 2. The smallest absolute Gasteiger partial charge is 0.269 e. The van der Waals surface area contributed by atoms with Crippen molar-refractivity contribution < 1.29 is 9.59 Å². The van der Waals surface area contributed by atoms with Gasteiger partial charge in [0.2, 0.25) is 0 Å². The fraction of sp³-hybridized carbons (Fsp3) is 0.562. The Kier molecular flexibility index (Phi) is 5.72. The number of nitrogens with zero attached hydrogens (tertiary/aromatic N) is 2. The molecule has 0 saturated carbocycles. The Morgan fingerprint density at radius 3 is 2.62 bits per heavy atom. The second-order valence-electron chi connectivity index (χ2n) is 5.39. The van der Waals surface area contributed by atoms with Gasteiger partial charge in [-0.05, 0) is 31.4 Å². The average Bonchev–Trinajstić information content (AvgIpc) is 2.81. The molecule has 0 aromatic carbocycles. The Bertz CT molecular complexity index is 494. The van der Waals surface area contributed by atoms with Crippen molar-refractivity contribution in [2.24, 2.45) is 0 Å². The molecule has 114 valence electrons. The van der Waals surface area contributed by atoms with Gasteiger partial charge in [0.1, 0.15) is 5.69 Å². The van der Waals surface area contributed by atoms with Gasteiger partial charge in [-0.1, -0.05) is 19.8 Å². The van der Waals surface area contributed by atoms with Crippen LogP contribution >= 0.6 is 0 Å². The molecule has 1 aromatic rings. The van der Waals surface area contributed by atoms with Crippen molar-refractivity contribution in [3.8, 4) is 0 Å². The van der Waals surface area contributed by atoms with Gasteiger partial charge in [-0.25, -0.2) is 0 Å². The molecule has 5 heteroatoms. The summed E-state index contributed by atoms with van der Waals surface area (Å²) in [5.74, 6) is -0.216. The molecule has 2 rings (SSSR count). The van der Waals surface area contributed by atoms with Gasteiger partial charge in [-0.3, -0.25) is 14.6 Å². The van der Waals surface area contributed by atoms with Crippen LogP contribution in [0.25, 0.3) is 0 Å². The molecule has 1 saturated heterocycles. The number of pyridine rings is 1. The Morgan fingerprint density at radius 2 is 1.95 bits per heavy atom. The number of carbonyl (C=O) groups excluding carboxylic acids is 2. The highest BCUT2D eigenvalue weighted by atomic mass is 16.2. The van der Waals surface area contributed by atoms with Gasteiger partial charge >= 0.3 is 0 Å². The third kappa shape index (κ3) is 4.28. The first-order valence-electron chi connectivity index (χ1n) is 7.76. The van der Waals surface area contributed by atoms with Crippen LogP contribution in [-0.4, -0.2) is 41.3 Å². The lowest BCUT2D eigenvalue weighted by Crippen LogP contribution is -2.32. The molecule has 1 aromatic heterocycles. The molecule has 0 bridgehead atoms. The van der Waals surface area contributed by atoms with E-state index in [0.717, 1.165) is 32.4 Å². The second-order valence-corrected chi connectivity index (χ2v) is 5.39. The van der Waals surface area contributed by atoms with E-state index in [-0.39, 0.29) is 11.8 Å². The lowest BCUT2D eigenvalue weighted by molar-refractivity contribution is 0.0761. The van der Waals surface area contributed by atoms with Crippen molar-refractivity contribution in [3.05, 3.63) is 29.6 Å². The summed E-state index contributed by atoms with van der Waals surface area (Å²) in [7, 11) is 0. The van der Waals surface area contributed by atoms with E-state index in [0.29, 0.717) is 17.8 Å². The van der Waals surface area contributed by atoms with Crippen LogP contribution in [0, 0.1) is 0 Å². The van der Waals surface area contributed by atoms with Gasteiger partial charge in [0.15, 0.2) is 0 Å². The maximum Gasteiger partial charge on any atom is 0.269 e. The summed E-state index contributed by atoms with van der Waals surface area (Å²) < 4.78 is 0. The van der Waals surface area contributed by atoms with Gasteiger partial charge in [0.05, 0.1) is 0 Å². The maximum atomic E-state index is 12.5. The van der Waals surface area contributed by atoms with E-state index >= 15 is 0 Å². The van der Waals surface area contributed by atoms with Crippen molar-refractivity contribution in [2.75, 3.05) is 19.6 Å².